The topological polar surface area (TPSA) is 101 Å². The van der Waals surface area contributed by atoms with Crippen LogP contribution in [0.1, 0.15) is 19.8 Å². The van der Waals surface area contributed by atoms with Gasteiger partial charge in [0.05, 0.1) is 4.90 Å². The van der Waals surface area contributed by atoms with Crippen molar-refractivity contribution in [2.75, 3.05) is 18.6 Å². The van der Waals surface area contributed by atoms with Gasteiger partial charge in [-0.05, 0) is 43.9 Å². The second-order valence-electron chi connectivity index (χ2n) is 5.33. The highest BCUT2D eigenvalue weighted by atomic mass is 32.2. The molecule has 1 rings (SSSR count). The zero-order valence-electron chi connectivity index (χ0n) is 13.5. The van der Waals surface area contributed by atoms with Crippen molar-refractivity contribution in [3.8, 4) is 0 Å². The first-order valence-corrected chi connectivity index (χ1v) is 10.3. The van der Waals surface area contributed by atoms with Crippen LogP contribution < -0.4 is 15.8 Å². The fourth-order valence-corrected chi connectivity index (χ4v) is 3.60. The Balaban J connectivity index is 2.75. The number of carbonyl (C=O) groups is 1. The van der Waals surface area contributed by atoms with Gasteiger partial charge in [-0.3, -0.25) is 4.79 Å². The van der Waals surface area contributed by atoms with Crippen LogP contribution in [-0.4, -0.2) is 45.0 Å². The number of nitrogens with two attached hydrogens (primary N) is 1. The second kappa shape index (κ2) is 9.92. The summed E-state index contributed by atoms with van der Waals surface area (Å²) >= 11 is 1.56. The molecule has 1 amide bonds. The Labute approximate surface area is 142 Å². The predicted octanol–water partition coefficient (Wildman–Crippen LogP) is 0.940. The van der Waals surface area contributed by atoms with Gasteiger partial charge in [0.1, 0.15) is 6.04 Å². The van der Waals surface area contributed by atoms with Crippen molar-refractivity contribution >= 4 is 27.7 Å². The van der Waals surface area contributed by atoms with Crippen LogP contribution in [0.5, 0.6) is 0 Å². The molecule has 1 aromatic carbocycles. The molecule has 0 heterocycles. The number of rotatable bonds is 10. The standard InChI is InChI=1S/C15H25N3O3S2/c1-12(16)8-10-17-15(19)14(9-11-22-2)18-23(20,21)13-6-4-3-5-7-13/h3-7,12,14,18H,8-11,16H2,1-2H3,(H,17,19). The molecule has 23 heavy (non-hydrogen) atoms. The summed E-state index contributed by atoms with van der Waals surface area (Å²) in [6.45, 7) is 2.29. The van der Waals surface area contributed by atoms with Crippen molar-refractivity contribution in [1.29, 1.82) is 0 Å². The summed E-state index contributed by atoms with van der Waals surface area (Å²) in [7, 11) is -3.72. The number of hydrogen-bond donors (Lipinski definition) is 3. The van der Waals surface area contributed by atoms with E-state index in [2.05, 4.69) is 10.0 Å². The van der Waals surface area contributed by atoms with Gasteiger partial charge in [-0.25, -0.2) is 8.42 Å². The Hall–Kier alpha value is -1.09. The van der Waals surface area contributed by atoms with E-state index in [-0.39, 0.29) is 16.8 Å². The van der Waals surface area contributed by atoms with Gasteiger partial charge >= 0.3 is 0 Å². The average molecular weight is 360 g/mol. The lowest BCUT2D eigenvalue weighted by atomic mass is 10.2. The molecule has 0 aromatic heterocycles. The van der Waals surface area contributed by atoms with Crippen LogP contribution in [0.25, 0.3) is 0 Å². The Bertz CT molecular complexity index is 577. The molecule has 2 unspecified atom stereocenters. The number of hydrogen-bond acceptors (Lipinski definition) is 5. The van der Waals surface area contributed by atoms with Gasteiger partial charge in [-0.1, -0.05) is 18.2 Å². The van der Waals surface area contributed by atoms with E-state index >= 15 is 0 Å². The minimum absolute atomic E-state index is 0.0130. The van der Waals surface area contributed by atoms with Crippen molar-refractivity contribution in [2.45, 2.75) is 36.7 Å². The van der Waals surface area contributed by atoms with Crippen LogP contribution in [-0.2, 0) is 14.8 Å². The molecule has 1 aromatic rings. The third-order valence-corrected chi connectivity index (χ3v) is 5.31. The monoisotopic (exact) mass is 359 g/mol. The summed E-state index contributed by atoms with van der Waals surface area (Å²) in [5.41, 5.74) is 5.65. The highest BCUT2D eigenvalue weighted by Crippen LogP contribution is 2.10. The van der Waals surface area contributed by atoms with Gasteiger partial charge in [0.25, 0.3) is 0 Å². The maximum absolute atomic E-state index is 12.4. The van der Waals surface area contributed by atoms with Crippen LogP contribution in [0.15, 0.2) is 35.2 Å². The first kappa shape index (κ1) is 20.0. The highest BCUT2D eigenvalue weighted by molar-refractivity contribution is 7.98. The Morgan fingerprint density at radius 1 is 1.26 bits per heavy atom. The summed E-state index contributed by atoms with van der Waals surface area (Å²) in [4.78, 5) is 12.4. The van der Waals surface area contributed by atoms with E-state index in [0.29, 0.717) is 25.1 Å². The highest BCUT2D eigenvalue weighted by Gasteiger charge is 2.25. The number of sulfonamides is 1. The third-order valence-electron chi connectivity index (χ3n) is 3.18. The Morgan fingerprint density at radius 2 is 1.91 bits per heavy atom. The van der Waals surface area contributed by atoms with Gasteiger partial charge in [0.2, 0.25) is 15.9 Å². The summed E-state index contributed by atoms with van der Waals surface area (Å²) in [5, 5.41) is 2.74. The zero-order valence-corrected chi connectivity index (χ0v) is 15.1. The molecule has 6 nitrogen and oxygen atoms in total. The molecule has 8 heteroatoms. The van der Waals surface area contributed by atoms with E-state index in [9.17, 15) is 13.2 Å². The third kappa shape index (κ3) is 7.34. The molecule has 2 atom stereocenters. The Kier molecular flexibility index (Phi) is 8.60. The second-order valence-corrected chi connectivity index (χ2v) is 8.02. The van der Waals surface area contributed by atoms with E-state index in [4.69, 9.17) is 5.73 Å². The van der Waals surface area contributed by atoms with E-state index in [1.54, 1.807) is 30.0 Å². The smallest absolute Gasteiger partial charge is 0.241 e. The first-order valence-electron chi connectivity index (χ1n) is 7.46. The van der Waals surface area contributed by atoms with Crippen LogP contribution >= 0.6 is 11.8 Å². The summed E-state index contributed by atoms with van der Waals surface area (Å²) in [5.74, 6) is 0.363. The molecule has 0 aliphatic rings. The van der Waals surface area contributed by atoms with Crippen molar-refractivity contribution in [1.82, 2.24) is 10.0 Å². The van der Waals surface area contributed by atoms with Crippen LogP contribution in [0, 0.1) is 0 Å². The minimum atomic E-state index is -3.72. The fraction of sp³-hybridized carbons (Fsp3) is 0.533. The van der Waals surface area contributed by atoms with Gasteiger partial charge in [0, 0.05) is 12.6 Å². The number of thioether (sulfide) groups is 1. The summed E-state index contributed by atoms with van der Waals surface area (Å²) < 4.78 is 27.2. The largest absolute Gasteiger partial charge is 0.355 e. The fourth-order valence-electron chi connectivity index (χ4n) is 1.88. The maximum atomic E-state index is 12.4. The minimum Gasteiger partial charge on any atom is -0.355 e. The van der Waals surface area contributed by atoms with Crippen molar-refractivity contribution in [2.24, 2.45) is 5.73 Å². The lowest BCUT2D eigenvalue weighted by Gasteiger charge is -2.18. The number of nitrogens with one attached hydrogen (secondary N) is 2. The molecule has 130 valence electrons. The van der Waals surface area contributed by atoms with Gasteiger partial charge in [-0.15, -0.1) is 0 Å². The van der Waals surface area contributed by atoms with Crippen LogP contribution in [0.4, 0.5) is 0 Å². The van der Waals surface area contributed by atoms with Crippen LogP contribution in [0.3, 0.4) is 0 Å². The molecule has 4 N–H and O–H groups in total. The molecule has 0 fully saturated rings. The summed E-state index contributed by atoms with van der Waals surface area (Å²) in [6, 6.07) is 7.23. The van der Waals surface area contributed by atoms with Gasteiger partial charge in [0.15, 0.2) is 0 Å². The van der Waals surface area contributed by atoms with Crippen molar-refractivity contribution < 1.29 is 13.2 Å². The van der Waals surface area contributed by atoms with E-state index < -0.39 is 16.1 Å². The molecule has 0 saturated heterocycles. The molecular formula is C15H25N3O3S2. The van der Waals surface area contributed by atoms with E-state index in [1.165, 1.54) is 12.1 Å². The van der Waals surface area contributed by atoms with Gasteiger partial charge in [-0.2, -0.15) is 16.5 Å². The first-order chi connectivity index (χ1) is 10.9. The maximum Gasteiger partial charge on any atom is 0.241 e. The number of benzene rings is 1. The molecule has 0 radical (unpaired) electrons. The molecular weight excluding hydrogens is 334 g/mol. The predicted molar refractivity (Wildman–Crippen MR) is 94.8 cm³/mol. The van der Waals surface area contributed by atoms with Gasteiger partial charge < -0.3 is 11.1 Å². The van der Waals surface area contributed by atoms with Crippen LogP contribution in [0.2, 0.25) is 0 Å². The quantitative estimate of drug-likeness (QED) is 0.577. The molecule has 0 aliphatic carbocycles. The molecule has 0 saturated carbocycles. The normalized spacial score (nSPS) is 14.2. The molecule has 0 aliphatic heterocycles. The number of carbonyl (C=O) groups excluding carboxylic acids is 1. The average Bonchev–Trinajstić information content (AvgIpc) is 2.51. The van der Waals surface area contributed by atoms with E-state index in [0.717, 1.165) is 0 Å². The molecule has 0 bridgehead atoms. The SMILES string of the molecule is CSCCC(NS(=O)(=O)c1ccccc1)C(=O)NCCC(C)N. The number of amides is 1. The van der Waals surface area contributed by atoms with E-state index in [1.807, 2.05) is 13.2 Å². The van der Waals surface area contributed by atoms with Crippen molar-refractivity contribution in [3.63, 3.8) is 0 Å². The lowest BCUT2D eigenvalue weighted by molar-refractivity contribution is -0.122. The molecule has 0 spiro atoms. The van der Waals surface area contributed by atoms with Crippen molar-refractivity contribution in [3.05, 3.63) is 30.3 Å². The summed E-state index contributed by atoms with van der Waals surface area (Å²) in [6.07, 6.45) is 2.99. The lowest BCUT2D eigenvalue weighted by Crippen LogP contribution is -2.47. The Morgan fingerprint density at radius 3 is 2.48 bits per heavy atom. The zero-order chi connectivity index (χ0) is 17.3.